The lowest BCUT2D eigenvalue weighted by Gasteiger charge is -2.33. The molecule has 2 aliphatic rings. The molecule has 0 nitrogen and oxygen atoms in total. The summed E-state index contributed by atoms with van der Waals surface area (Å²) in [4.78, 5) is 0. The molecule has 0 aromatic heterocycles. The molecule has 0 saturated heterocycles. The first-order chi connectivity index (χ1) is 13.5. The van der Waals surface area contributed by atoms with Crippen LogP contribution in [0.1, 0.15) is 124 Å². The van der Waals surface area contributed by atoms with Crippen LogP contribution in [0.5, 0.6) is 0 Å². The minimum atomic E-state index is -0.108. The summed E-state index contributed by atoms with van der Waals surface area (Å²) in [6.45, 7) is 9.59. The van der Waals surface area contributed by atoms with E-state index in [2.05, 4.69) is 27.7 Å². The average molecular weight is 395 g/mol. The van der Waals surface area contributed by atoms with E-state index in [1.165, 1.54) is 89.9 Å². The van der Waals surface area contributed by atoms with Crippen molar-refractivity contribution < 1.29 is 4.39 Å². The van der Waals surface area contributed by atoms with Crippen molar-refractivity contribution in [1.82, 2.24) is 0 Å². The summed E-state index contributed by atoms with van der Waals surface area (Å²) in [5.41, 5.74) is 0. The van der Waals surface area contributed by atoms with Crippen molar-refractivity contribution >= 4 is 0 Å². The molecule has 2 rings (SSSR count). The van der Waals surface area contributed by atoms with Gasteiger partial charge in [0, 0.05) is 0 Å². The van der Waals surface area contributed by atoms with Crippen molar-refractivity contribution in [1.29, 1.82) is 0 Å². The van der Waals surface area contributed by atoms with Gasteiger partial charge in [0.25, 0.3) is 0 Å². The standard InChI is InChI=1S/C27H51F/c1-5-24(25-14-10-22(3)11-15-25)8-6-7-21(2)9-18-27(19-20-28)26-16-12-23(4)13-17-26/h21-27H,5-20H2,1-4H3. The van der Waals surface area contributed by atoms with Crippen LogP contribution in [-0.4, -0.2) is 6.67 Å². The van der Waals surface area contributed by atoms with Gasteiger partial charge in [-0.2, -0.15) is 0 Å². The molecular formula is C27H51F. The van der Waals surface area contributed by atoms with E-state index in [4.69, 9.17) is 0 Å². The van der Waals surface area contributed by atoms with Gasteiger partial charge >= 0.3 is 0 Å². The van der Waals surface area contributed by atoms with E-state index < -0.39 is 0 Å². The summed E-state index contributed by atoms with van der Waals surface area (Å²) >= 11 is 0. The Balaban J connectivity index is 1.65. The number of hydrogen-bond donors (Lipinski definition) is 0. The minimum Gasteiger partial charge on any atom is -0.251 e. The van der Waals surface area contributed by atoms with Crippen molar-refractivity contribution in [3.63, 3.8) is 0 Å². The Morgan fingerprint density at radius 2 is 1.21 bits per heavy atom. The van der Waals surface area contributed by atoms with Crippen molar-refractivity contribution in [2.45, 2.75) is 124 Å². The van der Waals surface area contributed by atoms with Gasteiger partial charge in [-0.25, -0.2) is 0 Å². The monoisotopic (exact) mass is 394 g/mol. The Kier molecular flexibility index (Phi) is 11.5. The number of rotatable bonds is 12. The van der Waals surface area contributed by atoms with Crippen LogP contribution in [0.15, 0.2) is 0 Å². The SMILES string of the molecule is CCC(CCCC(C)CCC(CCF)C1CCC(C)CC1)C1CCC(C)CC1. The second-order valence-corrected chi connectivity index (χ2v) is 11.1. The quantitative estimate of drug-likeness (QED) is 0.309. The van der Waals surface area contributed by atoms with Crippen LogP contribution in [0.4, 0.5) is 4.39 Å². The molecule has 2 fully saturated rings. The molecule has 0 aromatic carbocycles. The van der Waals surface area contributed by atoms with E-state index in [1.54, 1.807) is 0 Å². The van der Waals surface area contributed by atoms with Gasteiger partial charge in [0.05, 0.1) is 6.67 Å². The summed E-state index contributed by atoms with van der Waals surface area (Å²) in [6, 6.07) is 0. The van der Waals surface area contributed by atoms with Crippen LogP contribution in [0.3, 0.4) is 0 Å². The van der Waals surface area contributed by atoms with Gasteiger partial charge < -0.3 is 0 Å². The highest BCUT2D eigenvalue weighted by Gasteiger charge is 2.27. The molecule has 3 unspecified atom stereocenters. The van der Waals surface area contributed by atoms with E-state index in [0.717, 1.165) is 41.9 Å². The van der Waals surface area contributed by atoms with Crippen molar-refractivity contribution in [2.24, 2.45) is 41.4 Å². The van der Waals surface area contributed by atoms with Crippen LogP contribution in [0.2, 0.25) is 0 Å². The molecule has 0 aliphatic heterocycles. The zero-order valence-electron chi connectivity index (χ0n) is 19.7. The number of hydrogen-bond acceptors (Lipinski definition) is 0. The molecule has 28 heavy (non-hydrogen) atoms. The fourth-order valence-electron chi connectivity index (χ4n) is 6.42. The molecule has 0 amide bonds. The van der Waals surface area contributed by atoms with Crippen LogP contribution in [0.25, 0.3) is 0 Å². The third kappa shape index (κ3) is 8.35. The third-order valence-corrected chi connectivity index (χ3v) is 8.76. The summed E-state index contributed by atoms with van der Waals surface area (Å²) in [7, 11) is 0. The van der Waals surface area contributed by atoms with Crippen molar-refractivity contribution in [2.75, 3.05) is 6.67 Å². The highest BCUT2D eigenvalue weighted by molar-refractivity contribution is 4.78. The second kappa shape index (κ2) is 13.3. The molecule has 0 bridgehead atoms. The van der Waals surface area contributed by atoms with Crippen molar-refractivity contribution in [3.8, 4) is 0 Å². The molecule has 2 saturated carbocycles. The van der Waals surface area contributed by atoms with Gasteiger partial charge in [0.15, 0.2) is 0 Å². The van der Waals surface area contributed by atoms with Gasteiger partial charge in [-0.15, -0.1) is 0 Å². The van der Waals surface area contributed by atoms with Crippen molar-refractivity contribution in [3.05, 3.63) is 0 Å². The predicted octanol–water partition coefficient (Wildman–Crippen LogP) is 9.23. The lowest BCUT2D eigenvalue weighted by atomic mass is 9.72. The average Bonchev–Trinajstić information content (AvgIpc) is 2.70. The Hall–Kier alpha value is -0.0700. The Morgan fingerprint density at radius 3 is 1.71 bits per heavy atom. The first-order valence-corrected chi connectivity index (χ1v) is 13.1. The van der Waals surface area contributed by atoms with E-state index in [9.17, 15) is 4.39 Å². The number of alkyl halides is 1. The summed E-state index contributed by atoms with van der Waals surface area (Å²) in [5.74, 6) is 6.17. The summed E-state index contributed by atoms with van der Waals surface area (Å²) < 4.78 is 13.1. The third-order valence-electron chi connectivity index (χ3n) is 8.76. The Morgan fingerprint density at radius 1 is 0.679 bits per heavy atom. The Bertz CT molecular complexity index is 376. The lowest BCUT2D eigenvalue weighted by molar-refractivity contribution is 0.174. The van der Waals surface area contributed by atoms with Crippen LogP contribution >= 0.6 is 0 Å². The van der Waals surface area contributed by atoms with Gasteiger partial charge in [-0.3, -0.25) is 4.39 Å². The maximum absolute atomic E-state index is 13.1. The zero-order chi connectivity index (χ0) is 20.4. The Labute approximate surface area is 176 Å². The summed E-state index contributed by atoms with van der Waals surface area (Å²) in [6.07, 6.45) is 20.4. The second-order valence-electron chi connectivity index (χ2n) is 11.1. The van der Waals surface area contributed by atoms with Gasteiger partial charge in [-0.1, -0.05) is 85.5 Å². The molecule has 2 aliphatic carbocycles. The van der Waals surface area contributed by atoms with Crippen LogP contribution in [0, 0.1) is 41.4 Å². The van der Waals surface area contributed by atoms with Gasteiger partial charge in [-0.05, 0) is 80.0 Å². The normalized spacial score (nSPS) is 32.0. The van der Waals surface area contributed by atoms with E-state index in [1.807, 2.05) is 0 Å². The smallest absolute Gasteiger partial charge is 0.0897 e. The molecule has 0 heterocycles. The molecule has 1 heteroatoms. The summed E-state index contributed by atoms with van der Waals surface area (Å²) in [5, 5.41) is 0. The highest BCUT2D eigenvalue weighted by atomic mass is 19.1. The van der Waals surface area contributed by atoms with Gasteiger partial charge in [0.1, 0.15) is 0 Å². The fraction of sp³-hybridized carbons (Fsp3) is 1.00. The maximum atomic E-state index is 13.1. The molecule has 3 atom stereocenters. The first-order valence-electron chi connectivity index (χ1n) is 13.1. The van der Waals surface area contributed by atoms with E-state index in [-0.39, 0.29) is 6.67 Å². The maximum Gasteiger partial charge on any atom is 0.0897 e. The molecule has 0 radical (unpaired) electrons. The topological polar surface area (TPSA) is 0 Å². The molecule has 0 aromatic rings. The van der Waals surface area contributed by atoms with E-state index in [0.29, 0.717) is 5.92 Å². The molecule has 166 valence electrons. The number of halogens is 1. The molecular weight excluding hydrogens is 343 g/mol. The van der Waals surface area contributed by atoms with Gasteiger partial charge in [0.2, 0.25) is 0 Å². The van der Waals surface area contributed by atoms with E-state index >= 15 is 0 Å². The predicted molar refractivity (Wildman–Crippen MR) is 122 cm³/mol. The largest absolute Gasteiger partial charge is 0.251 e. The first kappa shape index (κ1) is 24.2. The molecule has 0 N–H and O–H groups in total. The zero-order valence-corrected chi connectivity index (χ0v) is 19.7. The van der Waals surface area contributed by atoms with Crippen LogP contribution in [-0.2, 0) is 0 Å². The molecule has 0 spiro atoms. The lowest BCUT2D eigenvalue weighted by Crippen LogP contribution is -2.22. The highest BCUT2D eigenvalue weighted by Crippen LogP contribution is 2.39. The minimum absolute atomic E-state index is 0.108. The van der Waals surface area contributed by atoms with Crippen LogP contribution < -0.4 is 0 Å². The fourth-order valence-corrected chi connectivity index (χ4v) is 6.42.